The highest BCUT2D eigenvalue weighted by Gasteiger charge is 2.27. The molecule has 35 heavy (non-hydrogen) atoms. The number of para-hydroxylation sites is 1. The highest BCUT2D eigenvalue weighted by molar-refractivity contribution is 5.73. The minimum atomic E-state index is 0.534. The second-order valence-corrected chi connectivity index (χ2v) is 11.0. The average Bonchev–Trinajstić information content (AvgIpc) is 2.91. The maximum Gasteiger partial charge on any atom is 0.127 e. The Kier molecular flexibility index (Phi) is 12.7. The normalized spacial score (nSPS) is 18.9. The number of pyridine rings is 1. The van der Waals surface area contributed by atoms with Gasteiger partial charge >= 0.3 is 0 Å². The minimum Gasteiger partial charge on any atom is -0.493 e. The molecule has 1 aromatic heterocycles. The molecule has 1 heterocycles. The lowest BCUT2D eigenvalue weighted by molar-refractivity contribution is 0.236. The van der Waals surface area contributed by atoms with Crippen molar-refractivity contribution >= 4 is 0 Å². The van der Waals surface area contributed by atoms with Crippen molar-refractivity contribution in [2.24, 2.45) is 11.8 Å². The molecule has 0 saturated heterocycles. The number of unbranched alkanes of at least 4 members (excludes halogenated alkanes) is 8. The third kappa shape index (κ3) is 8.96. The largest absolute Gasteiger partial charge is 0.493 e. The lowest BCUT2D eigenvalue weighted by atomic mass is 9.72. The van der Waals surface area contributed by atoms with E-state index < -0.39 is 0 Å². The van der Waals surface area contributed by atoms with Gasteiger partial charge < -0.3 is 4.74 Å². The van der Waals surface area contributed by atoms with Crippen molar-refractivity contribution < 1.29 is 4.74 Å². The van der Waals surface area contributed by atoms with E-state index in [1.807, 2.05) is 6.20 Å². The molecule has 1 aliphatic carbocycles. The molecule has 2 heteroatoms. The van der Waals surface area contributed by atoms with Crippen molar-refractivity contribution in [3.8, 4) is 16.9 Å². The molecule has 0 N–H and O–H groups in total. The molecule has 0 spiro atoms. The van der Waals surface area contributed by atoms with Crippen LogP contribution in [0.3, 0.4) is 0 Å². The molecule has 0 radical (unpaired) electrons. The number of hydrogen-bond acceptors (Lipinski definition) is 2. The third-order valence-corrected chi connectivity index (χ3v) is 8.34. The fourth-order valence-corrected chi connectivity index (χ4v) is 5.98. The zero-order valence-corrected chi connectivity index (χ0v) is 22.9. The van der Waals surface area contributed by atoms with Gasteiger partial charge in [0.15, 0.2) is 0 Å². The molecule has 194 valence electrons. The van der Waals surface area contributed by atoms with Gasteiger partial charge in [-0.25, -0.2) is 0 Å². The monoisotopic (exact) mass is 477 g/mol. The van der Waals surface area contributed by atoms with Crippen molar-refractivity contribution in [3.05, 3.63) is 48.3 Å². The Morgan fingerprint density at radius 2 is 1.49 bits per heavy atom. The van der Waals surface area contributed by atoms with Gasteiger partial charge in [0.1, 0.15) is 5.75 Å². The number of aromatic nitrogens is 1. The van der Waals surface area contributed by atoms with E-state index in [2.05, 4.69) is 62.3 Å². The lowest BCUT2D eigenvalue weighted by Crippen LogP contribution is -2.19. The number of benzene rings is 1. The summed E-state index contributed by atoms with van der Waals surface area (Å²) < 4.78 is 6.28. The molecule has 0 bridgehead atoms. The summed E-state index contributed by atoms with van der Waals surface area (Å²) >= 11 is 0. The van der Waals surface area contributed by atoms with Gasteiger partial charge in [0.2, 0.25) is 0 Å². The van der Waals surface area contributed by atoms with Gasteiger partial charge in [0, 0.05) is 18.0 Å². The second-order valence-electron chi connectivity index (χ2n) is 11.0. The molecule has 2 nitrogen and oxygen atoms in total. The minimum absolute atomic E-state index is 0.534. The van der Waals surface area contributed by atoms with E-state index in [1.54, 1.807) is 0 Å². The topological polar surface area (TPSA) is 22.1 Å². The van der Waals surface area contributed by atoms with Crippen LogP contribution in [0.1, 0.15) is 129 Å². The van der Waals surface area contributed by atoms with Crippen LogP contribution >= 0.6 is 0 Å². The third-order valence-electron chi connectivity index (χ3n) is 8.34. The summed E-state index contributed by atoms with van der Waals surface area (Å²) in [6, 6.07) is 10.8. The number of rotatable bonds is 16. The van der Waals surface area contributed by atoms with Gasteiger partial charge in [-0.1, -0.05) is 116 Å². The summed E-state index contributed by atoms with van der Waals surface area (Å²) in [4.78, 5) is 4.56. The molecule has 1 saturated carbocycles. The molecule has 0 aliphatic heterocycles. The fraction of sp³-hybridized carbons (Fsp3) is 0.667. The maximum absolute atomic E-state index is 6.28. The number of nitrogens with zero attached hydrogens (tertiary/aromatic N) is 1. The Hall–Kier alpha value is -1.83. The molecule has 0 amide bonds. The smallest absolute Gasteiger partial charge is 0.127 e. The summed E-state index contributed by atoms with van der Waals surface area (Å²) in [5.41, 5.74) is 3.93. The Morgan fingerprint density at radius 3 is 2.26 bits per heavy atom. The van der Waals surface area contributed by atoms with E-state index >= 15 is 0 Å². The molecular formula is C33H51NO. The average molecular weight is 478 g/mol. The molecule has 3 rings (SSSR count). The lowest BCUT2D eigenvalue weighted by Gasteiger charge is -2.33. The highest BCUT2D eigenvalue weighted by atomic mass is 16.5. The summed E-state index contributed by atoms with van der Waals surface area (Å²) in [6.45, 7) is 7.80. The van der Waals surface area contributed by atoms with Crippen LogP contribution < -0.4 is 4.74 Å². The zero-order chi connectivity index (χ0) is 24.7. The predicted molar refractivity (Wildman–Crippen MR) is 151 cm³/mol. The van der Waals surface area contributed by atoms with Crippen LogP contribution in [0.15, 0.2) is 42.7 Å². The first-order chi connectivity index (χ1) is 17.2. The molecule has 2 aromatic rings. The Balaban J connectivity index is 1.57. The van der Waals surface area contributed by atoms with Crippen LogP contribution in [0.2, 0.25) is 0 Å². The van der Waals surface area contributed by atoms with Gasteiger partial charge in [0.05, 0.1) is 6.61 Å². The van der Waals surface area contributed by atoms with Crippen LogP contribution in [0.25, 0.3) is 11.1 Å². The standard InChI is InChI=1S/C33H51NO/c1-4-6-8-10-11-12-16-28-19-21-29(22-20-28)27(3)32-26-34-24-23-30(32)31-17-13-14-18-33(31)35-25-15-9-7-5-2/h13-14,17-18,23-24,26-29H,4-12,15-16,19-22,25H2,1-3H3. The summed E-state index contributed by atoms with van der Waals surface area (Å²) in [5, 5.41) is 0. The second kappa shape index (κ2) is 16.0. The predicted octanol–water partition coefficient (Wildman–Crippen LogP) is 10.4. The first-order valence-corrected chi connectivity index (χ1v) is 14.9. The molecule has 1 atom stereocenters. The Morgan fingerprint density at radius 1 is 0.800 bits per heavy atom. The van der Waals surface area contributed by atoms with E-state index in [4.69, 9.17) is 4.74 Å². The number of hydrogen-bond donors (Lipinski definition) is 0. The molecule has 1 unspecified atom stereocenters. The van der Waals surface area contributed by atoms with E-state index in [-0.39, 0.29) is 0 Å². The zero-order valence-electron chi connectivity index (χ0n) is 22.9. The highest BCUT2D eigenvalue weighted by Crippen LogP contribution is 2.43. The van der Waals surface area contributed by atoms with E-state index in [1.165, 1.54) is 107 Å². The van der Waals surface area contributed by atoms with Gasteiger partial charge in [-0.05, 0) is 60.3 Å². The van der Waals surface area contributed by atoms with Gasteiger partial charge in [-0.15, -0.1) is 0 Å². The first-order valence-electron chi connectivity index (χ1n) is 14.9. The van der Waals surface area contributed by atoms with Crippen molar-refractivity contribution in [3.63, 3.8) is 0 Å². The summed E-state index contributed by atoms with van der Waals surface area (Å²) in [5.74, 6) is 3.28. The Labute approximate surface area is 216 Å². The molecular weight excluding hydrogens is 426 g/mol. The quantitative estimate of drug-likeness (QED) is 0.224. The number of ether oxygens (including phenoxy) is 1. The van der Waals surface area contributed by atoms with Crippen LogP contribution in [-0.2, 0) is 0 Å². The summed E-state index contributed by atoms with van der Waals surface area (Å²) in [6.07, 6.45) is 24.5. The molecule has 1 aliphatic rings. The fourth-order valence-electron chi connectivity index (χ4n) is 5.98. The van der Waals surface area contributed by atoms with Gasteiger partial charge in [0.25, 0.3) is 0 Å². The van der Waals surface area contributed by atoms with Crippen LogP contribution in [0, 0.1) is 11.8 Å². The van der Waals surface area contributed by atoms with Crippen LogP contribution in [0.5, 0.6) is 5.75 Å². The summed E-state index contributed by atoms with van der Waals surface area (Å²) in [7, 11) is 0. The van der Waals surface area contributed by atoms with Crippen molar-refractivity contribution in [1.29, 1.82) is 0 Å². The van der Waals surface area contributed by atoms with E-state index in [0.29, 0.717) is 5.92 Å². The maximum atomic E-state index is 6.28. The van der Waals surface area contributed by atoms with Crippen LogP contribution in [0.4, 0.5) is 0 Å². The van der Waals surface area contributed by atoms with Crippen molar-refractivity contribution in [2.75, 3.05) is 6.61 Å². The molecule has 1 fully saturated rings. The van der Waals surface area contributed by atoms with Gasteiger partial charge in [-0.2, -0.15) is 0 Å². The van der Waals surface area contributed by atoms with Crippen LogP contribution in [-0.4, -0.2) is 11.6 Å². The van der Waals surface area contributed by atoms with E-state index in [0.717, 1.165) is 30.6 Å². The van der Waals surface area contributed by atoms with Gasteiger partial charge in [-0.3, -0.25) is 4.98 Å². The van der Waals surface area contributed by atoms with Crippen molar-refractivity contribution in [1.82, 2.24) is 4.98 Å². The molecule has 1 aromatic carbocycles. The van der Waals surface area contributed by atoms with E-state index in [9.17, 15) is 0 Å². The first kappa shape index (κ1) is 27.8. The van der Waals surface area contributed by atoms with Crippen molar-refractivity contribution in [2.45, 2.75) is 123 Å². The Bertz CT molecular complexity index is 823. The SMILES string of the molecule is CCCCCCCCC1CCC(C(C)c2cnccc2-c2ccccc2OCCCCCC)CC1.